The van der Waals surface area contributed by atoms with Crippen LogP contribution in [0.2, 0.25) is 10.0 Å². The average molecular weight is 457 g/mol. The van der Waals surface area contributed by atoms with Gasteiger partial charge in [0.05, 0.1) is 26.7 Å². The summed E-state index contributed by atoms with van der Waals surface area (Å²) in [5, 5.41) is 12.1. The summed E-state index contributed by atoms with van der Waals surface area (Å²) >= 11 is 12.3. The summed E-state index contributed by atoms with van der Waals surface area (Å²) in [5.41, 5.74) is 6.42. The van der Waals surface area contributed by atoms with Crippen molar-refractivity contribution in [1.82, 2.24) is 14.5 Å². The van der Waals surface area contributed by atoms with E-state index in [4.69, 9.17) is 23.2 Å². The molecule has 1 N–H and O–H groups in total. The number of H-pyrrole nitrogens is 1. The largest absolute Gasteiger partial charge is 0.340 e. The van der Waals surface area contributed by atoms with Gasteiger partial charge in [-0.25, -0.2) is 4.98 Å². The molecule has 5 rings (SSSR count). The zero-order valence-corrected chi connectivity index (χ0v) is 18.7. The van der Waals surface area contributed by atoms with Gasteiger partial charge in [-0.05, 0) is 48.9 Å². The van der Waals surface area contributed by atoms with E-state index in [9.17, 15) is 5.26 Å². The molecule has 2 heterocycles. The van der Waals surface area contributed by atoms with Crippen molar-refractivity contribution in [3.05, 3.63) is 99.4 Å². The highest BCUT2D eigenvalue weighted by Crippen LogP contribution is 2.31. The standard InChI is InChI=1S/C26H18Cl2N4/c1-16-20(13-18(14-29)26-30-23-7-3-4-8-24(23)31-26)19-6-2-5-9-25(19)32(16)15-17-10-11-21(27)22(28)12-17/h2-13H,15H2,1H3,(H,30,31)/b18-13+. The lowest BCUT2D eigenvalue weighted by Crippen LogP contribution is -2.02. The first kappa shape index (κ1) is 20.4. The number of rotatable bonds is 4. The third kappa shape index (κ3) is 3.56. The summed E-state index contributed by atoms with van der Waals surface area (Å²) < 4.78 is 2.23. The average Bonchev–Trinajstić information content (AvgIpc) is 3.34. The minimum atomic E-state index is 0.488. The Morgan fingerprint density at radius 1 is 1.06 bits per heavy atom. The molecule has 0 spiro atoms. The molecule has 0 fully saturated rings. The highest BCUT2D eigenvalue weighted by atomic mass is 35.5. The van der Waals surface area contributed by atoms with E-state index in [0.717, 1.165) is 38.8 Å². The molecule has 0 unspecified atom stereocenters. The topological polar surface area (TPSA) is 57.4 Å². The van der Waals surface area contributed by atoms with Crippen LogP contribution in [0.1, 0.15) is 22.6 Å². The fourth-order valence-corrected chi connectivity index (χ4v) is 4.36. The molecule has 0 aliphatic carbocycles. The van der Waals surface area contributed by atoms with Crippen LogP contribution in [0.3, 0.4) is 0 Å². The van der Waals surface area contributed by atoms with Crippen molar-refractivity contribution in [2.45, 2.75) is 13.5 Å². The first-order valence-electron chi connectivity index (χ1n) is 10.1. The van der Waals surface area contributed by atoms with E-state index in [1.807, 2.05) is 60.7 Å². The van der Waals surface area contributed by atoms with E-state index in [-0.39, 0.29) is 0 Å². The van der Waals surface area contributed by atoms with Gasteiger partial charge in [0.15, 0.2) is 0 Å². The Kier molecular flexibility index (Phi) is 5.22. The molecule has 0 aliphatic heterocycles. The predicted octanol–water partition coefficient (Wildman–Crippen LogP) is 7.25. The van der Waals surface area contributed by atoms with Crippen molar-refractivity contribution in [3.63, 3.8) is 0 Å². The number of hydrogen-bond acceptors (Lipinski definition) is 2. The summed E-state index contributed by atoms with van der Waals surface area (Å²) in [6.45, 7) is 2.71. The van der Waals surface area contributed by atoms with Crippen LogP contribution in [0.4, 0.5) is 0 Å². The van der Waals surface area contributed by atoms with Crippen LogP contribution in [0.5, 0.6) is 0 Å². The lowest BCUT2D eigenvalue weighted by Gasteiger charge is -2.10. The second kappa shape index (κ2) is 8.20. The molecule has 4 nitrogen and oxygen atoms in total. The van der Waals surface area contributed by atoms with Gasteiger partial charge in [0.1, 0.15) is 11.9 Å². The minimum Gasteiger partial charge on any atom is -0.340 e. The molecule has 5 aromatic rings. The monoisotopic (exact) mass is 456 g/mol. The Balaban J connectivity index is 1.64. The van der Waals surface area contributed by atoms with Crippen LogP contribution in [0, 0.1) is 18.3 Å². The van der Waals surface area contributed by atoms with Crippen molar-refractivity contribution in [2.75, 3.05) is 0 Å². The van der Waals surface area contributed by atoms with Crippen molar-refractivity contribution < 1.29 is 0 Å². The maximum absolute atomic E-state index is 9.92. The lowest BCUT2D eigenvalue weighted by atomic mass is 10.1. The van der Waals surface area contributed by atoms with Gasteiger partial charge in [0.25, 0.3) is 0 Å². The molecule has 0 saturated carbocycles. The summed E-state index contributed by atoms with van der Waals surface area (Å²) in [6, 6.07) is 24.0. The quantitative estimate of drug-likeness (QED) is 0.289. The Bertz CT molecular complexity index is 1520. The van der Waals surface area contributed by atoms with Crippen molar-refractivity contribution >= 4 is 56.8 Å². The number of fused-ring (bicyclic) bond motifs is 2. The van der Waals surface area contributed by atoms with Gasteiger partial charge in [-0.1, -0.05) is 59.6 Å². The number of aromatic amines is 1. The Morgan fingerprint density at radius 3 is 2.62 bits per heavy atom. The molecule has 2 aromatic heterocycles. The first-order valence-corrected chi connectivity index (χ1v) is 10.9. The van der Waals surface area contributed by atoms with Gasteiger partial charge < -0.3 is 9.55 Å². The van der Waals surface area contributed by atoms with Crippen molar-refractivity contribution in [2.24, 2.45) is 0 Å². The fourth-order valence-electron chi connectivity index (χ4n) is 4.04. The van der Waals surface area contributed by atoms with Gasteiger partial charge in [0, 0.05) is 28.7 Å². The Morgan fingerprint density at radius 2 is 1.84 bits per heavy atom. The number of nitriles is 1. The molecule has 156 valence electrons. The van der Waals surface area contributed by atoms with Gasteiger partial charge in [0.2, 0.25) is 0 Å². The third-order valence-corrected chi connectivity index (χ3v) is 6.40. The van der Waals surface area contributed by atoms with E-state index in [1.54, 1.807) is 0 Å². The maximum atomic E-state index is 9.92. The molecular formula is C26H18Cl2N4. The summed E-state index contributed by atoms with van der Waals surface area (Å²) in [7, 11) is 0. The van der Waals surface area contributed by atoms with Gasteiger partial charge in [-0.3, -0.25) is 0 Å². The van der Waals surface area contributed by atoms with Gasteiger partial charge in [-0.15, -0.1) is 0 Å². The number of allylic oxidation sites excluding steroid dienone is 1. The normalized spacial score (nSPS) is 11.9. The van der Waals surface area contributed by atoms with Crippen LogP contribution in [0.25, 0.3) is 33.6 Å². The fraction of sp³-hybridized carbons (Fsp3) is 0.0769. The molecule has 0 amide bonds. The van der Waals surface area contributed by atoms with E-state index in [0.29, 0.717) is 28.0 Å². The van der Waals surface area contributed by atoms with Crippen LogP contribution < -0.4 is 0 Å². The molecule has 0 bridgehead atoms. The van der Waals surface area contributed by atoms with Crippen LogP contribution >= 0.6 is 23.2 Å². The van der Waals surface area contributed by atoms with Crippen LogP contribution in [0.15, 0.2) is 66.7 Å². The third-order valence-electron chi connectivity index (χ3n) is 5.66. The van der Waals surface area contributed by atoms with Crippen molar-refractivity contribution in [1.29, 1.82) is 5.26 Å². The zero-order chi connectivity index (χ0) is 22.2. The highest BCUT2D eigenvalue weighted by Gasteiger charge is 2.15. The number of para-hydroxylation sites is 3. The molecule has 32 heavy (non-hydrogen) atoms. The minimum absolute atomic E-state index is 0.488. The first-order chi connectivity index (χ1) is 15.5. The van der Waals surface area contributed by atoms with E-state index >= 15 is 0 Å². The number of hydrogen-bond donors (Lipinski definition) is 1. The van der Waals surface area contributed by atoms with E-state index in [2.05, 4.69) is 39.7 Å². The SMILES string of the molecule is Cc1c(/C=C(\C#N)c2nc3ccccc3[nH]2)c2ccccc2n1Cc1ccc(Cl)c(Cl)c1. The molecule has 0 saturated heterocycles. The smallest absolute Gasteiger partial charge is 0.149 e. The highest BCUT2D eigenvalue weighted by molar-refractivity contribution is 6.42. The molecular weight excluding hydrogens is 439 g/mol. The molecule has 6 heteroatoms. The number of benzene rings is 3. The van der Waals surface area contributed by atoms with E-state index < -0.39 is 0 Å². The van der Waals surface area contributed by atoms with Gasteiger partial charge >= 0.3 is 0 Å². The van der Waals surface area contributed by atoms with Crippen LogP contribution in [-0.2, 0) is 6.54 Å². The molecule has 0 radical (unpaired) electrons. The molecule has 3 aromatic carbocycles. The van der Waals surface area contributed by atoms with Crippen molar-refractivity contribution in [3.8, 4) is 6.07 Å². The summed E-state index contributed by atoms with van der Waals surface area (Å²) in [4.78, 5) is 7.86. The number of halogens is 2. The predicted molar refractivity (Wildman–Crippen MR) is 132 cm³/mol. The number of aromatic nitrogens is 3. The van der Waals surface area contributed by atoms with E-state index in [1.165, 1.54) is 0 Å². The zero-order valence-electron chi connectivity index (χ0n) is 17.2. The number of nitrogens with zero attached hydrogens (tertiary/aromatic N) is 3. The van der Waals surface area contributed by atoms with Crippen LogP contribution in [-0.4, -0.2) is 14.5 Å². The molecule has 0 aliphatic rings. The number of nitrogens with one attached hydrogen (secondary N) is 1. The maximum Gasteiger partial charge on any atom is 0.149 e. The second-order valence-electron chi connectivity index (χ2n) is 7.62. The lowest BCUT2D eigenvalue weighted by molar-refractivity contribution is 0.804. The summed E-state index contributed by atoms with van der Waals surface area (Å²) in [5.74, 6) is 0.564. The molecule has 0 atom stereocenters. The Labute approximate surface area is 195 Å². The summed E-state index contributed by atoms with van der Waals surface area (Å²) in [6.07, 6.45) is 1.92. The second-order valence-corrected chi connectivity index (χ2v) is 8.44. The Hall–Kier alpha value is -3.52. The number of imidazole rings is 1. The van der Waals surface area contributed by atoms with Gasteiger partial charge in [-0.2, -0.15) is 5.26 Å².